The van der Waals surface area contributed by atoms with E-state index >= 15 is 0 Å². The van der Waals surface area contributed by atoms with Crippen molar-refractivity contribution in [2.75, 3.05) is 19.0 Å². The Morgan fingerprint density at radius 3 is 2.62 bits per heavy atom. The zero-order valence-corrected chi connectivity index (χ0v) is 14.4. The molecular formula is C20H20N2O4. The number of carbonyl (C=O) groups is 1. The van der Waals surface area contributed by atoms with E-state index in [0.29, 0.717) is 17.3 Å². The van der Waals surface area contributed by atoms with Gasteiger partial charge in [0.15, 0.2) is 0 Å². The van der Waals surface area contributed by atoms with E-state index in [1.165, 1.54) is 6.20 Å². The number of rotatable bonds is 6. The minimum atomic E-state index is -1.27. The number of benzene rings is 2. The molecule has 0 saturated heterocycles. The first-order valence-electron chi connectivity index (χ1n) is 8.30. The molecule has 0 spiro atoms. The Balaban J connectivity index is 2.10. The first-order chi connectivity index (χ1) is 12.5. The molecule has 0 aliphatic carbocycles. The van der Waals surface area contributed by atoms with Gasteiger partial charge in [-0.25, -0.2) is 4.79 Å². The van der Waals surface area contributed by atoms with E-state index in [-0.39, 0.29) is 18.7 Å². The molecule has 26 heavy (non-hydrogen) atoms. The highest BCUT2D eigenvalue weighted by molar-refractivity contribution is 5.92. The zero-order valence-electron chi connectivity index (χ0n) is 14.4. The Bertz CT molecular complexity index is 1020. The van der Waals surface area contributed by atoms with Crippen molar-refractivity contribution < 1.29 is 15.0 Å². The van der Waals surface area contributed by atoms with Crippen LogP contribution in [0.25, 0.3) is 10.9 Å². The molecule has 134 valence electrons. The number of aliphatic hydroxyl groups is 1. The maximum absolute atomic E-state index is 12.6. The number of anilines is 1. The third kappa shape index (κ3) is 3.45. The average molecular weight is 352 g/mol. The van der Waals surface area contributed by atoms with Crippen molar-refractivity contribution in [3.05, 3.63) is 75.6 Å². The largest absolute Gasteiger partial charge is 0.477 e. The summed E-state index contributed by atoms with van der Waals surface area (Å²) in [5.41, 5.74) is 2.82. The van der Waals surface area contributed by atoms with Crippen LogP contribution in [0.1, 0.15) is 21.5 Å². The zero-order chi connectivity index (χ0) is 18.7. The minimum Gasteiger partial charge on any atom is -0.477 e. The lowest BCUT2D eigenvalue weighted by Crippen LogP contribution is -2.19. The van der Waals surface area contributed by atoms with Gasteiger partial charge in [-0.05, 0) is 41.8 Å². The molecule has 6 heteroatoms. The van der Waals surface area contributed by atoms with E-state index in [9.17, 15) is 19.8 Å². The molecular weight excluding hydrogens is 332 g/mol. The maximum Gasteiger partial charge on any atom is 0.341 e. The van der Waals surface area contributed by atoms with E-state index in [1.54, 1.807) is 16.7 Å². The van der Waals surface area contributed by atoms with Gasteiger partial charge >= 0.3 is 5.97 Å². The average Bonchev–Trinajstić information content (AvgIpc) is 2.64. The van der Waals surface area contributed by atoms with Gasteiger partial charge in [0.05, 0.1) is 12.1 Å². The number of fused-ring (bicyclic) bond motifs is 1. The summed E-state index contributed by atoms with van der Waals surface area (Å²) in [6.45, 7) is 0.0796. The summed E-state index contributed by atoms with van der Waals surface area (Å²) in [7, 11) is 1.85. The lowest BCUT2D eigenvalue weighted by molar-refractivity contribution is 0.0694. The van der Waals surface area contributed by atoms with Gasteiger partial charge in [0.25, 0.3) is 0 Å². The van der Waals surface area contributed by atoms with E-state index < -0.39 is 11.4 Å². The van der Waals surface area contributed by atoms with Crippen LogP contribution in [0.5, 0.6) is 0 Å². The number of nitrogens with zero attached hydrogens (tertiary/aromatic N) is 1. The van der Waals surface area contributed by atoms with Crippen molar-refractivity contribution in [2.24, 2.45) is 0 Å². The molecule has 0 unspecified atom stereocenters. The third-order valence-electron chi connectivity index (χ3n) is 4.34. The van der Waals surface area contributed by atoms with Gasteiger partial charge in [0.1, 0.15) is 5.56 Å². The Labute approximate surface area is 150 Å². The van der Waals surface area contributed by atoms with Crippen molar-refractivity contribution in [3.63, 3.8) is 0 Å². The fraction of sp³-hybridized carbons (Fsp3) is 0.200. The van der Waals surface area contributed by atoms with Crippen molar-refractivity contribution in [1.82, 2.24) is 4.57 Å². The van der Waals surface area contributed by atoms with E-state index in [0.717, 1.165) is 16.8 Å². The van der Waals surface area contributed by atoms with Crippen LogP contribution in [-0.4, -0.2) is 34.4 Å². The highest BCUT2D eigenvalue weighted by atomic mass is 16.4. The molecule has 6 nitrogen and oxygen atoms in total. The minimum absolute atomic E-state index is 0.143. The second-order valence-electron chi connectivity index (χ2n) is 6.07. The van der Waals surface area contributed by atoms with Crippen LogP contribution >= 0.6 is 0 Å². The third-order valence-corrected chi connectivity index (χ3v) is 4.34. The number of aromatic carboxylic acids is 1. The molecule has 0 aliphatic heterocycles. The summed E-state index contributed by atoms with van der Waals surface area (Å²) in [6, 6.07) is 13.4. The van der Waals surface area contributed by atoms with Crippen molar-refractivity contribution in [1.29, 1.82) is 0 Å². The normalized spacial score (nSPS) is 10.8. The maximum atomic E-state index is 12.6. The summed E-state index contributed by atoms with van der Waals surface area (Å²) in [5.74, 6) is -1.27. The van der Waals surface area contributed by atoms with Gasteiger partial charge in [-0.1, -0.05) is 18.2 Å². The number of carboxylic acids is 1. The Hall–Kier alpha value is -3.12. The second kappa shape index (κ2) is 7.41. The van der Waals surface area contributed by atoms with Gasteiger partial charge in [-0.15, -0.1) is 0 Å². The first-order valence-corrected chi connectivity index (χ1v) is 8.30. The van der Waals surface area contributed by atoms with Gasteiger partial charge < -0.3 is 20.1 Å². The molecule has 0 amide bonds. The van der Waals surface area contributed by atoms with Crippen LogP contribution in [0.15, 0.2) is 53.5 Å². The van der Waals surface area contributed by atoms with Crippen LogP contribution < -0.4 is 10.7 Å². The summed E-state index contributed by atoms with van der Waals surface area (Å²) in [5, 5.41) is 22.0. The molecule has 0 radical (unpaired) electrons. The molecule has 0 aliphatic rings. The van der Waals surface area contributed by atoms with Crippen LogP contribution in [0.2, 0.25) is 0 Å². The monoisotopic (exact) mass is 352 g/mol. The number of hydrogen-bond donors (Lipinski definition) is 3. The number of aliphatic hydroxyl groups excluding tert-OH is 1. The fourth-order valence-corrected chi connectivity index (χ4v) is 3.07. The van der Waals surface area contributed by atoms with Crippen LogP contribution in [-0.2, 0) is 13.0 Å². The molecule has 0 atom stereocenters. The number of nitrogens with one attached hydrogen (secondary N) is 1. The highest BCUT2D eigenvalue weighted by Crippen LogP contribution is 2.19. The molecule has 3 aromatic rings. The quantitative estimate of drug-likeness (QED) is 0.633. The van der Waals surface area contributed by atoms with Gasteiger partial charge in [0.2, 0.25) is 5.43 Å². The van der Waals surface area contributed by atoms with Crippen LogP contribution in [0, 0.1) is 0 Å². The van der Waals surface area contributed by atoms with Crippen molar-refractivity contribution >= 4 is 22.6 Å². The molecule has 3 rings (SSSR count). The standard InChI is InChI=1S/C20H20N2O4/c1-21-15-4-2-3-13(10-15)9-14-5-6-18-16(11-14)19(24)17(20(25)26)12-22(18)7-8-23/h2-6,10-12,21,23H,7-9H2,1H3,(H,25,26). The summed E-state index contributed by atoms with van der Waals surface area (Å²) in [6.07, 6.45) is 1.92. The number of pyridine rings is 1. The highest BCUT2D eigenvalue weighted by Gasteiger charge is 2.15. The van der Waals surface area contributed by atoms with E-state index in [2.05, 4.69) is 5.32 Å². The van der Waals surface area contributed by atoms with Gasteiger partial charge in [0, 0.05) is 30.9 Å². The van der Waals surface area contributed by atoms with Crippen molar-refractivity contribution in [3.8, 4) is 0 Å². The van der Waals surface area contributed by atoms with Gasteiger partial charge in [-0.2, -0.15) is 0 Å². The molecule has 0 saturated carbocycles. The molecule has 1 aromatic heterocycles. The Kier molecular flexibility index (Phi) is 5.04. The molecule has 2 aromatic carbocycles. The topological polar surface area (TPSA) is 91.6 Å². The fourth-order valence-electron chi connectivity index (χ4n) is 3.07. The van der Waals surface area contributed by atoms with E-state index in [1.807, 2.05) is 37.4 Å². The number of carboxylic acid groups (broad SMARTS) is 1. The Morgan fingerprint density at radius 1 is 1.15 bits per heavy atom. The van der Waals surface area contributed by atoms with Crippen molar-refractivity contribution in [2.45, 2.75) is 13.0 Å². The first kappa shape index (κ1) is 17.7. The number of aromatic nitrogens is 1. The number of hydrogen-bond acceptors (Lipinski definition) is 4. The summed E-state index contributed by atoms with van der Waals surface area (Å²) < 4.78 is 1.60. The lowest BCUT2D eigenvalue weighted by Gasteiger charge is -2.12. The Morgan fingerprint density at radius 2 is 1.92 bits per heavy atom. The van der Waals surface area contributed by atoms with Gasteiger partial charge in [-0.3, -0.25) is 4.79 Å². The molecule has 1 heterocycles. The smallest absolute Gasteiger partial charge is 0.341 e. The summed E-state index contributed by atoms with van der Waals surface area (Å²) in [4.78, 5) is 24.0. The SMILES string of the molecule is CNc1cccc(Cc2ccc3c(c2)c(=O)c(C(=O)O)cn3CCO)c1. The predicted octanol–water partition coefficient (Wildman–Crippen LogP) is 2.32. The molecule has 3 N–H and O–H groups in total. The lowest BCUT2D eigenvalue weighted by atomic mass is 10.0. The molecule has 0 fully saturated rings. The summed E-state index contributed by atoms with van der Waals surface area (Å²) >= 11 is 0. The second-order valence-corrected chi connectivity index (χ2v) is 6.07. The van der Waals surface area contributed by atoms with Crippen LogP contribution in [0.4, 0.5) is 5.69 Å². The van der Waals surface area contributed by atoms with Crippen LogP contribution in [0.3, 0.4) is 0 Å². The molecule has 0 bridgehead atoms. The predicted molar refractivity (Wildman–Crippen MR) is 101 cm³/mol. The van der Waals surface area contributed by atoms with E-state index in [4.69, 9.17) is 0 Å².